The third-order valence-electron chi connectivity index (χ3n) is 4.33. The van der Waals surface area contributed by atoms with Gasteiger partial charge in [0.15, 0.2) is 0 Å². The third-order valence-corrected chi connectivity index (χ3v) is 4.33. The maximum Gasteiger partial charge on any atom is 0.412 e. The Morgan fingerprint density at radius 1 is 0.647 bits per heavy atom. The van der Waals surface area contributed by atoms with Gasteiger partial charge in [0.05, 0.1) is 35.2 Å². The summed E-state index contributed by atoms with van der Waals surface area (Å²) in [7, 11) is 0. The molecule has 0 atom stereocenters. The Hall–Kier alpha value is -3.94. The fourth-order valence-electron chi connectivity index (χ4n) is 3.06. The summed E-state index contributed by atoms with van der Waals surface area (Å²) < 4.78 is 10.7. The number of nitrogens with one attached hydrogen (secondary N) is 2. The van der Waals surface area contributed by atoms with Crippen LogP contribution in [0.1, 0.15) is 41.5 Å². The lowest BCUT2D eigenvalue weighted by Crippen LogP contribution is -2.27. The predicted octanol–water partition coefficient (Wildman–Crippen LogP) is 6.50. The second-order valence-electron chi connectivity index (χ2n) is 9.63. The quantitative estimate of drug-likeness (QED) is 0.458. The summed E-state index contributed by atoms with van der Waals surface area (Å²) in [5.41, 5.74) is 2.46. The predicted molar refractivity (Wildman–Crippen MR) is 133 cm³/mol. The zero-order valence-corrected chi connectivity index (χ0v) is 20.3. The van der Waals surface area contributed by atoms with Gasteiger partial charge in [-0.25, -0.2) is 9.59 Å². The number of carbonyl (C=O) groups is 2. The number of amides is 2. The van der Waals surface area contributed by atoms with Crippen LogP contribution in [0.25, 0.3) is 22.5 Å². The van der Waals surface area contributed by atoms with Gasteiger partial charge in [-0.15, -0.1) is 0 Å². The van der Waals surface area contributed by atoms with Gasteiger partial charge in [0, 0.05) is 11.1 Å². The summed E-state index contributed by atoms with van der Waals surface area (Å²) in [5.74, 6) is 0. The first-order valence-electron chi connectivity index (χ1n) is 10.9. The van der Waals surface area contributed by atoms with Crippen molar-refractivity contribution in [1.29, 1.82) is 0 Å². The summed E-state index contributed by atoms with van der Waals surface area (Å²) >= 11 is 0. The monoisotopic (exact) mass is 462 g/mol. The summed E-state index contributed by atoms with van der Waals surface area (Å²) in [6.07, 6.45) is 2.14. The van der Waals surface area contributed by atoms with Gasteiger partial charge in [0.25, 0.3) is 0 Å². The van der Waals surface area contributed by atoms with Crippen molar-refractivity contribution in [3.8, 4) is 22.5 Å². The van der Waals surface area contributed by atoms with Crippen molar-refractivity contribution >= 4 is 23.6 Å². The highest BCUT2D eigenvalue weighted by Crippen LogP contribution is 2.30. The Labute approximate surface area is 199 Å². The van der Waals surface area contributed by atoms with Crippen molar-refractivity contribution in [1.82, 2.24) is 9.97 Å². The van der Waals surface area contributed by atoms with Crippen LogP contribution < -0.4 is 10.6 Å². The van der Waals surface area contributed by atoms with Crippen LogP contribution in [0, 0.1) is 0 Å². The highest BCUT2D eigenvalue weighted by atomic mass is 16.6. The van der Waals surface area contributed by atoms with Crippen LogP contribution in [-0.4, -0.2) is 33.4 Å². The van der Waals surface area contributed by atoms with Gasteiger partial charge in [-0.1, -0.05) is 36.4 Å². The van der Waals surface area contributed by atoms with E-state index < -0.39 is 23.4 Å². The average Bonchev–Trinajstić information content (AvgIpc) is 2.72. The summed E-state index contributed by atoms with van der Waals surface area (Å²) in [5, 5.41) is 5.54. The van der Waals surface area contributed by atoms with E-state index in [1.807, 2.05) is 36.4 Å². The second kappa shape index (κ2) is 9.91. The van der Waals surface area contributed by atoms with E-state index in [4.69, 9.17) is 9.47 Å². The Morgan fingerprint density at radius 2 is 1.00 bits per heavy atom. The maximum absolute atomic E-state index is 12.2. The molecule has 0 bridgehead atoms. The molecule has 2 aromatic carbocycles. The van der Waals surface area contributed by atoms with Crippen LogP contribution in [0.5, 0.6) is 0 Å². The first kappa shape index (κ1) is 24.7. The van der Waals surface area contributed by atoms with Gasteiger partial charge in [0.1, 0.15) is 11.2 Å². The molecule has 0 aliphatic heterocycles. The van der Waals surface area contributed by atoms with E-state index >= 15 is 0 Å². The molecule has 0 aliphatic carbocycles. The largest absolute Gasteiger partial charge is 0.444 e. The summed E-state index contributed by atoms with van der Waals surface area (Å²) in [4.78, 5) is 33.6. The lowest BCUT2D eigenvalue weighted by atomic mass is 10.1. The van der Waals surface area contributed by atoms with Crippen molar-refractivity contribution in [2.24, 2.45) is 0 Å². The zero-order valence-electron chi connectivity index (χ0n) is 20.3. The van der Waals surface area contributed by atoms with Gasteiger partial charge in [-0.05, 0) is 53.7 Å². The van der Waals surface area contributed by atoms with Crippen molar-refractivity contribution in [3.63, 3.8) is 0 Å². The molecule has 2 amide bonds. The van der Waals surface area contributed by atoms with Crippen LogP contribution in [0.2, 0.25) is 0 Å². The number of rotatable bonds is 4. The molecular formula is C26H30N4O4. The smallest absolute Gasteiger partial charge is 0.412 e. The van der Waals surface area contributed by atoms with Crippen LogP contribution >= 0.6 is 0 Å². The van der Waals surface area contributed by atoms with Gasteiger partial charge >= 0.3 is 12.2 Å². The Bertz CT molecular complexity index is 1070. The average molecular weight is 463 g/mol. The van der Waals surface area contributed by atoms with E-state index in [1.165, 1.54) is 0 Å². The first-order valence-corrected chi connectivity index (χ1v) is 10.9. The number of hydrogen-bond acceptors (Lipinski definition) is 6. The molecule has 1 aromatic heterocycles. The molecule has 3 rings (SSSR count). The first-order chi connectivity index (χ1) is 15.9. The third kappa shape index (κ3) is 7.03. The Balaban J connectivity index is 1.84. The van der Waals surface area contributed by atoms with E-state index in [-0.39, 0.29) is 0 Å². The van der Waals surface area contributed by atoms with E-state index in [1.54, 1.807) is 66.1 Å². The van der Waals surface area contributed by atoms with Gasteiger partial charge in [-0.3, -0.25) is 20.6 Å². The Morgan fingerprint density at radius 3 is 1.32 bits per heavy atom. The summed E-state index contributed by atoms with van der Waals surface area (Å²) in [6.45, 7) is 10.8. The fourth-order valence-corrected chi connectivity index (χ4v) is 3.06. The normalized spacial score (nSPS) is 11.5. The van der Waals surface area contributed by atoms with Crippen molar-refractivity contribution in [2.45, 2.75) is 52.7 Å². The van der Waals surface area contributed by atoms with E-state index in [0.29, 0.717) is 33.9 Å². The minimum Gasteiger partial charge on any atom is -0.444 e. The van der Waals surface area contributed by atoms with Gasteiger partial charge < -0.3 is 9.47 Å². The number of para-hydroxylation sites is 2. The SMILES string of the molecule is CC(C)(C)OC(=O)Nc1ccccc1-c1cnc(-c2ccccc2NC(=O)OC(C)(C)C)cn1. The molecule has 2 N–H and O–H groups in total. The van der Waals surface area contributed by atoms with E-state index in [0.717, 1.165) is 0 Å². The van der Waals surface area contributed by atoms with Crippen molar-refractivity contribution in [3.05, 3.63) is 60.9 Å². The molecule has 0 spiro atoms. The number of nitrogens with zero attached hydrogens (tertiary/aromatic N) is 2. The van der Waals surface area contributed by atoms with E-state index in [2.05, 4.69) is 20.6 Å². The molecule has 8 nitrogen and oxygen atoms in total. The topological polar surface area (TPSA) is 102 Å². The number of anilines is 2. The molecule has 178 valence electrons. The molecule has 0 unspecified atom stereocenters. The number of ether oxygens (including phenoxy) is 2. The van der Waals surface area contributed by atoms with Crippen LogP contribution in [0.3, 0.4) is 0 Å². The zero-order chi connectivity index (χ0) is 24.9. The standard InChI is InChI=1S/C26H30N4O4/c1-25(2,3)33-23(31)29-19-13-9-7-11-17(19)21-15-28-22(16-27-21)18-12-8-10-14-20(18)30-24(32)34-26(4,5)6/h7-16H,1-6H3,(H,29,31)(H,30,32). The van der Waals surface area contributed by atoms with Gasteiger partial charge in [-0.2, -0.15) is 0 Å². The minimum absolute atomic E-state index is 0.549. The number of hydrogen-bond donors (Lipinski definition) is 2. The maximum atomic E-state index is 12.2. The molecule has 0 aliphatic rings. The number of carbonyl (C=O) groups excluding carboxylic acids is 2. The molecule has 0 fully saturated rings. The molecule has 0 radical (unpaired) electrons. The Kier molecular flexibility index (Phi) is 7.20. The molecule has 1 heterocycles. The number of aromatic nitrogens is 2. The van der Waals surface area contributed by atoms with Crippen LogP contribution in [0.15, 0.2) is 60.9 Å². The molecule has 34 heavy (non-hydrogen) atoms. The second-order valence-corrected chi connectivity index (χ2v) is 9.63. The molecular weight excluding hydrogens is 432 g/mol. The fraction of sp³-hybridized carbons (Fsp3) is 0.308. The minimum atomic E-state index is -0.610. The number of benzene rings is 2. The summed E-state index contributed by atoms with van der Waals surface area (Å²) in [6, 6.07) is 14.6. The molecule has 3 aromatic rings. The molecule has 8 heteroatoms. The molecule has 0 saturated carbocycles. The van der Waals surface area contributed by atoms with Crippen LogP contribution in [0.4, 0.5) is 21.0 Å². The molecule has 0 saturated heterocycles. The highest BCUT2D eigenvalue weighted by molar-refractivity contribution is 5.92. The van der Waals surface area contributed by atoms with E-state index in [9.17, 15) is 9.59 Å². The van der Waals surface area contributed by atoms with Gasteiger partial charge in [0.2, 0.25) is 0 Å². The highest BCUT2D eigenvalue weighted by Gasteiger charge is 2.19. The van der Waals surface area contributed by atoms with Crippen LogP contribution in [-0.2, 0) is 9.47 Å². The van der Waals surface area contributed by atoms with Crippen molar-refractivity contribution in [2.75, 3.05) is 10.6 Å². The lowest BCUT2D eigenvalue weighted by molar-refractivity contribution is 0.0624. The lowest BCUT2D eigenvalue weighted by Gasteiger charge is -2.20. The van der Waals surface area contributed by atoms with Crippen molar-refractivity contribution < 1.29 is 19.1 Å².